The molecule has 1 aliphatic rings. The first kappa shape index (κ1) is 19.1. The molecule has 150 valence electrons. The second-order valence-electron chi connectivity index (χ2n) is 6.71. The second kappa shape index (κ2) is 8.44. The summed E-state index contributed by atoms with van der Waals surface area (Å²) < 4.78 is 6.85. The first-order chi connectivity index (χ1) is 14.1. The van der Waals surface area contributed by atoms with Crippen LogP contribution in [0.25, 0.3) is 5.82 Å². The van der Waals surface area contributed by atoms with Crippen LogP contribution in [0.5, 0.6) is 5.75 Å². The van der Waals surface area contributed by atoms with Crippen molar-refractivity contribution in [1.82, 2.24) is 25.0 Å². The average Bonchev–Trinajstić information content (AvgIpc) is 3.29. The molecule has 9 nitrogen and oxygen atoms in total. The van der Waals surface area contributed by atoms with Gasteiger partial charge in [-0.15, -0.1) is 10.2 Å². The van der Waals surface area contributed by atoms with E-state index < -0.39 is 0 Å². The Kier molecular flexibility index (Phi) is 5.57. The number of ether oxygens (including phenoxy) is 1. The average molecular weight is 414 g/mol. The van der Waals surface area contributed by atoms with E-state index in [9.17, 15) is 4.79 Å². The lowest BCUT2D eigenvalue weighted by Gasteiger charge is -2.32. The molecular formula is C19H20ClN7O2. The molecule has 10 heteroatoms. The van der Waals surface area contributed by atoms with E-state index >= 15 is 0 Å². The van der Waals surface area contributed by atoms with Gasteiger partial charge in [-0.05, 0) is 43.2 Å². The Labute approximate surface area is 172 Å². The van der Waals surface area contributed by atoms with Gasteiger partial charge in [0, 0.05) is 18.1 Å². The molecule has 2 aromatic heterocycles. The van der Waals surface area contributed by atoms with E-state index in [-0.39, 0.29) is 11.8 Å². The van der Waals surface area contributed by atoms with Gasteiger partial charge >= 0.3 is 0 Å². The highest BCUT2D eigenvalue weighted by Gasteiger charge is 2.27. The molecule has 1 amide bonds. The minimum absolute atomic E-state index is 0.0672. The number of piperidine rings is 1. The third kappa shape index (κ3) is 4.29. The lowest BCUT2D eigenvalue weighted by atomic mass is 9.97. The molecule has 29 heavy (non-hydrogen) atoms. The predicted molar refractivity (Wildman–Crippen MR) is 109 cm³/mol. The van der Waals surface area contributed by atoms with Crippen LogP contribution in [-0.4, -0.2) is 51.1 Å². The number of nitrogens with one attached hydrogen (secondary N) is 1. The van der Waals surface area contributed by atoms with Crippen LogP contribution in [0, 0.1) is 5.92 Å². The minimum Gasteiger partial charge on any atom is -0.495 e. The van der Waals surface area contributed by atoms with Crippen molar-refractivity contribution in [2.75, 3.05) is 30.4 Å². The quantitative estimate of drug-likeness (QED) is 0.686. The van der Waals surface area contributed by atoms with Crippen LogP contribution in [0.3, 0.4) is 0 Å². The number of hydrogen-bond donors (Lipinski definition) is 1. The number of methoxy groups -OCH3 is 1. The summed E-state index contributed by atoms with van der Waals surface area (Å²) in [7, 11) is 1.56. The molecule has 1 N–H and O–H groups in total. The van der Waals surface area contributed by atoms with Crippen LogP contribution in [-0.2, 0) is 4.79 Å². The minimum atomic E-state index is -0.177. The fourth-order valence-electron chi connectivity index (χ4n) is 3.35. The zero-order chi connectivity index (χ0) is 20.2. The summed E-state index contributed by atoms with van der Waals surface area (Å²) in [5.74, 6) is 1.65. The maximum atomic E-state index is 12.8. The lowest BCUT2D eigenvalue weighted by Crippen LogP contribution is -2.41. The molecule has 0 spiro atoms. The van der Waals surface area contributed by atoms with Gasteiger partial charge in [-0.2, -0.15) is 5.10 Å². The van der Waals surface area contributed by atoms with Crippen molar-refractivity contribution in [2.45, 2.75) is 12.8 Å². The molecule has 4 rings (SSSR count). The van der Waals surface area contributed by atoms with Crippen molar-refractivity contribution in [3.05, 3.63) is 48.0 Å². The zero-order valence-corrected chi connectivity index (χ0v) is 16.6. The van der Waals surface area contributed by atoms with Crippen molar-refractivity contribution in [3.63, 3.8) is 0 Å². The van der Waals surface area contributed by atoms with E-state index in [0.29, 0.717) is 28.8 Å². The van der Waals surface area contributed by atoms with Gasteiger partial charge in [0.25, 0.3) is 0 Å². The van der Waals surface area contributed by atoms with Crippen molar-refractivity contribution >= 4 is 29.0 Å². The van der Waals surface area contributed by atoms with Gasteiger partial charge in [0.05, 0.1) is 18.7 Å². The molecule has 0 saturated carbocycles. The number of hydrogen-bond acceptors (Lipinski definition) is 7. The number of benzene rings is 1. The molecule has 1 unspecified atom stereocenters. The lowest BCUT2D eigenvalue weighted by molar-refractivity contribution is -0.120. The van der Waals surface area contributed by atoms with Crippen LogP contribution in [0.1, 0.15) is 12.8 Å². The molecule has 1 aromatic carbocycles. The van der Waals surface area contributed by atoms with Crippen molar-refractivity contribution in [2.24, 2.45) is 5.92 Å². The number of anilines is 2. The maximum absolute atomic E-state index is 12.8. The van der Waals surface area contributed by atoms with Gasteiger partial charge in [0.15, 0.2) is 11.6 Å². The maximum Gasteiger partial charge on any atom is 0.229 e. The first-order valence-corrected chi connectivity index (χ1v) is 9.60. The van der Waals surface area contributed by atoms with Crippen molar-refractivity contribution in [1.29, 1.82) is 0 Å². The Morgan fingerprint density at radius 2 is 2.07 bits per heavy atom. The molecule has 1 aliphatic heterocycles. The van der Waals surface area contributed by atoms with Gasteiger partial charge in [-0.3, -0.25) is 4.79 Å². The standard InChI is InChI=1S/C19H20ClN7O2/c1-29-16-5-4-14(20)9-15(16)23-19(28)13-3-2-8-26(10-13)17-6-7-18(25-24-17)27-12-21-11-22-27/h4-7,9,11-13H,2-3,8,10H2,1H3,(H,23,28). The highest BCUT2D eigenvalue weighted by molar-refractivity contribution is 6.31. The molecule has 1 saturated heterocycles. The molecule has 0 bridgehead atoms. The summed E-state index contributed by atoms with van der Waals surface area (Å²) in [5, 5.41) is 16.0. The number of amides is 1. The predicted octanol–water partition coefficient (Wildman–Crippen LogP) is 2.57. The summed E-state index contributed by atoms with van der Waals surface area (Å²) in [6.45, 7) is 1.38. The van der Waals surface area contributed by atoms with Gasteiger partial charge in [0.2, 0.25) is 5.91 Å². The Morgan fingerprint density at radius 1 is 1.24 bits per heavy atom. The molecule has 3 aromatic rings. The molecule has 1 fully saturated rings. The molecular weight excluding hydrogens is 394 g/mol. The Bertz CT molecular complexity index is 979. The Balaban J connectivity index is 1.44. The number of carbonyl (C=O) groups is 1. The summed E-state index contributed by atoms with van der Waals surface area (Å²) in [6, 6.07) is 8.85. The van der Waals surface area contributed by atoms with Gasteiger partial charge in [0.1, 0.15) is 18.4 Å². The van der Waals surface area contributed by atoms with E-state index in [1.165, 1.54) is 6.33 Å². The number of rotatable bonds is 5. The van der Waals surface area contributed by atoms with Gasteiger partial charge in [-0.1, -0.05) is 11.6 Å². The largest absolute Gasteiger partial charge is 0.495 e. The van der Waals surface area contributed by atoms with Crippen LogP contribution < -0.4 is 15.0 Å². The zero-order valence-electron chi connectivity index (χ0n) is 15.8. The summed E-state index contributed by atoms with van der Waals surface area (Å²) in [4.78, 5) is 18.8. The Morgan fingerprint density at radius 3 is 2.79 bits per heavy atom. The number of carbonyl (C=O) groups excluding carboxylic acids is 1. The number of aromatic nitrogens is 5. The van der Waals surface area contributed by atoms with Crippen molar-refractivity contribution < 1.29 is 9.53 Å². The van der Waals surface area contributed by atoms with E-state index in [0.717, 1.165) is 25.2 Å². The van der Waals surface area contributed by atoms with Crippen LogP contribution >= 0.6 is 11.6 Å². The fourth-order valence-corrected chi connectivity index (χ4v) is 3.52. The molecule has 3 heterocycles. The van der Waals surface area contributed by atoms with Crippen molar-refractivity contribution in [3.8, 4) is 11.6 Å². The van der Waals surface area contributed by atoms with E-state index in [2.05, 4.69) is 30.5 Å². The summed E-state index contributed by atoms with van der Waals surface area (Å²) >= 11 is 6.06. The van der Waals surface area contributed by atoms with Gasteiger partial charge < -0.3 is 15.0 Å². The topological polar surface area (TPSA) is 98.1 Å². The molecule has 1 atom stereocenters. The number of nitrogens with zero attached hydrogens (tertiary/aromatic N) is 6. The number of halogens is 1. The highest BCUT2D eigenvalue weighted by atomic mass is 35.5. The second-order valence-corrected chi connectivity index (χ2v) is 7.15. The third-order valence-electron chi connectivity index (χ3n) is 4.83. The monoisotopic (exact) mass is 413 g/mol. The smallest absolute Gasteiger partial charge is 0.229 e. The van der Waals surface area contributed by atoms with E-state index in [1.807, 2.05) is 12.1 Å². The summed E-state index contributed by atoms with van der Waals surface area (Å²) in [6.07, 6.45) is 4.69. The Hall–Kier alpha value is -3.20. The normalized spacial score (nSPS) is 16.5. The van der Waals surface area contributed by atoms with Crippen LogP contribution in [0.15, 0.2) is 43.0 Å². The molecule has 0 aliphatic carbocycles. The van der Waals surface area contributed by atoms with Crippen LogP contribution in [0.4, 0.5) is 11.5 Å². The van der Waals surface area contributed by atoms with E-state index in [4.69, 9.17) is 16.3 Å². The summed E-state index contributed by atoms with van der Waals surface area (Å²) in [5.41, 5.74) is 0.569. The first-order valence-electron chi connectivity index (χ1n) is 9.22. The fraction of sp³-hybridized carbons (Fsp3) is 0.316. The highest BCUT2D eigenvalue weighted by Crippen LogP contribution is 2.29. The van der Waals surface area contributed by atoms with Gasteiger partial charge in [-0.25, -0.2) is 9.67 Å². The molecule has 0 radical (unpaired) electrons. The van der Waals surface area contributed by atoms with Crippen LogP contribution in [0.2, 0.25) is 5.02 Å². The SMILES string of the molecule is COc1ccc(Cl)cc1NC(=O)C1CCCN(c2ccc(-n3cncn3)nn2)C1. The van der Waals surface area contributed by atoms with E-state index in [1.54, 1.807) is 36.3 Å². The third-order valence-corrected chi connectivity index (χ3v) is 5.06.